The molecule has 8 heteroatoms. The van der Waals surface area contributed by atoms with Crippen LogP contribution in [0.4, 0.5) is 13.2 Å². The van der Waals surface area contributed by atoms with Crippen molar-refractivity contribution in [3.05, 3.63) is 0 Å². The van der Waals surface area contributed by atoms with Crippen LogP contribution in [0.25, 0.3) is 0 Å². The minimum absolute atomic E-state index is 3.22. The van der Waals surface area contributed by atoms with Gasteiger partial charge in [0.2, 0.25) is 0 Å². The summed E-state index contributed by atoms with van der Waals surface area (Å²) in [5, 5.41) is 16.4. The van der Waals surface area contributed by atoms with E-state index in [9.17, 15) is 13.2 Å². The Morgan fingerprint density at radius 3 is 1.18 bits per heavy atom. The van der Waals surface area contributed by atoms with E-state index < -0.39 is 15.8 Å². The molecule has 0 aliphatic heterocycles. The highest BCUT2D eigenvalue weighted by Gasteiger charge is 2.65. The summed E-state index contributed by atoms with van der Waals surface area (Å²) in [5.41, 5.74) is 0. The average Bonchev–Trinajstić information content (AvgIpc) is 1.58. The van der Waals surface area contributed by atoms with Crippen molar-refractivity contribution in [2.75, 3.05) is 0 Å². The van der Waals surface area contributed by atoms with Crippen LogP contribution in [0.15, 0.2) is 0 Å². The van der Waals surface area contributed by atoms with Gasteiger partial charge in [0.05, 0.1) is 0 Å². The topological polar surface area (TPSA) is 40.5 Å². The zero-order valence-corrected chi connectivity index (χ0v) is 6.93. The molecule has 2 N–H and O–H groups in total. The molecule has 0 atom stereocenters. The van der Waals surface area contributed by atoms with Gasteiger partial charge < -0.3 is 10.2 Å². The van der Waals surface area contributed by atoms with Crippen LogP contribution in [-0.2, 0) is 0 Å². The summed E-state index contributed by atoms with van der Waals surface area (Å²) in [7, 11) is 0. The van der Waals surface area contributed by atoms with E-state index >= 15 is 0 Å². The number of alkyl halides is 6. The van der Waals surface area contributed by atoms with Gasteiger partial charge in [-0.15, -0.1) is 0 Å². The van der Waals surface area contributed by atoms with Crippen LogP contribution in [0.3, 0.4) is 0 Å². The summed E-state index contributed by atoms with van der Waals surface area (Å²) < 4.78 is 31.5. The van der Waals surface area contributed by atoms with Crippen molar-refractivity contribution in [1.29, 1.82) is 0 Å². The molecule has 2 nitrogen and oxygen atoms in total. The van der Waals surface area contributed by atoms with E-state index in [1.54, 1.807) is 0 Å². The van der Waals surface area contributed by atoms with Crippen molar-refractivity contribution in [2.24, 2.45) is 0 Å². The van der Waals surface area contributed by atoms with Crippen LogP contribution in [0, 0.1) is 0 Å². The van der Waals surface area contributed by atoms with E-state index in [0.29, 0.717) is 0 Å². The third-order valence-corrected chi connectivity index (χ3v) is 1.58. The van der Waals surface area contributed by atoms with Gasteiger partial charge in [0.15, 0.2) is 0 Å². The Hall–Kier alpha value is 0.580. The van der Waals surface area contributed by atoms with E-state index in [2.05, 4.69) is 34.8 Å². The summed E-state index contributed by atoms with van der Waals surface area (Å²) in [5.74, 6) is -4.33. The fourth-order valence-electron chi connectivity index (χ4n) is 0.161. The lowest BCUT2D eigenvalue weighted by molar-refractivity contribution is -0.346. The maximum Gasteiger partial charge on any atom is 0.447 e. The molecule has 0 unspecified atom stereocenters. The Balaban J connectivity index is 4.75. The molecule has 0 aromatic heterocycles. The molecule has 0 aliphatic carbocycles. The first-order chi connectivity index (χ1) is 4.50. The van der Waals surface area contributed by atoms with Crippen LogP contribution in [0.1, 0.15) is 0 Å². The maximum absolute atomic E-state index is 11.6. The first-order valence-corrected chi connectivity index (χ1v) is 3.22. The molecule has 0 rings (SSSR count). The highest BCUT2D eigenvalue weighted by atomic mass is 35.6. The van der Waals surface area contributed by atoms with Crippen LogP contribution < -0.4 is 0 Å². The molecule has 0 saturated heterocycles. The highest BCUT2D eigenvalue weighted by molar-refractivity contribution is 6.68. The molecule has 11 heavy (non-hydrogen) atoms. The van der Waals surface area contributed by atoms with Gasteiger partial charge in [-0.25, -0.2) is 0 Å². The number of halogens is 6. The summed E-state index contributed by atoms with van der Waals surface area (Å²) >= 11 is 13.9. The standard InChI is InChI=1S/C3H2Cl3F3O2/c4-2(5,6)1(10,11)3(7,8)9/h10-11H. The van der Waals surface area contributed by atoms with Gasteiger partial charge in [-0.1, -0.05) is 34.8 Å². The zero-order chi connectivity index (χ0) is 9.50. The Kier molecular flexibility index (Phi) is 2.96. The lowest BCUT2D eigenvalue weighted by Crippen LogP contribution is -2.55. The predicted molar refractivity (Wildman–Crippen MR) is 33.5 cm³/mol. The smallest absolute Gasteiger partial charge is 0.355 e. The minimum Gasteiger partial charge on any atom is -0.355 e. The second-order valence-electron chi connectivity index (χ2n) is 1.67. The Morgan fingerprint density at radius 2 is 1.18 bits per heavy atom. The van der Waals surface area contributed by atoms with Crippen LogP contribution in [0.5, 0.6) is 0 Å². The maximum atomic E-state index is 11.6. The van der Waals surface area contributed by atoms with Gasteiger partial charge in [0, 0.05) is 0 Å². The van der Waals surface area contributed by atoms with Crippen LogP contribution in [-0.4, -0.2) is 26.0 Å². The Labute approximate surface area is 74.5 Å². The molecule has 0 aromatic rings. The van der Waals surface area contributed by atoms with Crippen molar-refractivity contribution < 1.29 is 23.4 Å². The highest BCUT2D eigenvalue weighted by Crippen LogP contribution is 2.45. The molecule has 0 fully saturated rings. The second kappa shape index (κ2) is 2.81. The van der Waals surface area contributed by atoms with E-state index in [-0.39, 0.29) is 0 Å². The summed E-state index contributed by atoms with van der Waals surface area (Å²) in [6, 6.07) is 0. The summed E-state index contributed by atoms with van der Waals surface area (Å²) in [6.45, 7) is 0. The van der Waals surface area contributed by atoms with Crippen molar-refractivity contribution in [3.63, 3.8) is 0 Å². The summed E-state index contributed by atoms with van der Waals surface area (Å²) in [4.78, 5) is 0. The van der Waals surface area contributed by atoms with Crippen molar-refractivity contribution in [3.8, 4) is 0 Å². The zero-order valence-electron chi connectivity index (χ0n) is 4.66. The van der Waals surface area contributed by atoms with E-state index in [1.165, 1.54) is 0 Å². The Morgan fingerprint density at radius 1 is 0.909 bits per heavy atom. The molecule has 68 valence electrons. The van der Waals surface area contributed by atoms with Crippen LogP contribution in [0.2, 0.25) is 0 Å². The number of rotatable bonds is 0. The number of hydrogen-bond acceptors (Lipinski definition) is 2. The SMILES string of the molecule is OC(O)(C(F)(F)F)C(Cl)(Cl)Cl. The van der Waals surface area contributed by atoms with Gasteiger partial charge in [0.25, 0.3) is 3.79 Å². The average molecular weight is 233 g/mol. The second-order valence-corrected chi connectivity index (χ2v) is 3.95. The van der Waals surface area contributed by atoms with Gasteiger partial charge in [-0.3, -0.25) is 0 Å². The fraction of sp³-hybridized carbons (Fsp3) is 1.00. The minimum atomic E-state index is -5.40. The number of aliphatic hydroxyl groups is 2. The molecular formula is C3H2Cl3F3O2. The normalized spacial score (nSPS) is 15.3. The molecule has 0 saturated carbocycles. The van der Waals surface area contributed by atoms with Crippen molar-refractivity contribution >= 4 is 34.8 Å². The third-order valence-electron chi connectivity index (χ3n) is 0.791. The van der Waals surface area contributed by atoms with E-state index in [4.69, 9.17) is 10.2 Å². The van der Waals surface area contributed by atoms with Crippen molar-refractivity contribution in [2.45, 2.75) is 15.8 Å². The molecule has 0 spiro atoms. The van der Waals surface area contributed by atoms with E-state index in [1.807, 2.05) is 0 Å². The molecule has 0 aromatic carbocycles. The van der Waals surface area contributed by atoms with Crippen LogP contribution >= 0.6 is 34.8 Å². The van der Waals surface area contributed by atoms with Gasteiger partial charge >= 0.3 is 12.0 Å². The predicted octanol–water partition coefficient (Wildman–Crippen LogP) is 1.60. The van der Waals surface area contributed by atoms with Gasteiger partial charge in [-0.2, -0.15) is 13.2 Å². The largest absolute Gasteiger partial charge is 0.447 e. The first-order valence-electron chi connectivity index (χ1n) is 2.08. The van der Waals surface area contributed by atoms with Gasteiger partial charge in [-0.05, 0) is 0 Å². The number of hydrogen-bond donors (Lipinski definition) is 2. The molecule has 0 amide bonds. The lowest BCUT2D eigenvalue weighted by Gasteiger charge is -2.30. The Bertz CT molecular complexity index is 133. The summed E-state index contributed by atoms with van der Waals surface area (Å²) in [6.07, 6.45) is -5.40. The quantitative estimate of drug-likeness (QED) is 0.493. The molecule has 0 heterocycles. The van der Waals surface area contributed by atoms with E-state index in [0.717, 1.165) is 0 Å². The molecule has 0 bridgehead atoms. The third kappa shape index (κ3) is 2.26. The molecule has 0 radical (unpaired) electrons. The first kappa shape index (κ1) is 11.6. The lowest BCUT2D eigenvalue weighted by atomic mass is 10.3. The molecule has 0 aliphatic rings. The van der Waals surface area contributed by atoms with Crippen molar-refractivity contribution in [1.82, 2.24) is 0 Å². The monoisotopic (exact) mass is 232 g/mol. The fourth-order valence-corrected chi connectivity index (χ4v) is 0.482. The molecular weight excluding hydrogens is 231 g/mol. The van der Waals surface area contributed by atoms with Gasteiger partial charge in [0.1, 0.15) is 0 Å².